The molecule has 2 aliphatic rings. The molecule has 0 aliphatic carbocycles. The van der Waals surface area contributed by atoms with Gasteiger partial charge < -0.3 is 10.2 Å². The Hall–Kier alpha value is -1.87. The van der Waals surface area contributed by atoms with Gasteiger partial charge in [0.2, 0.25) is 0 Å². The van der Waals surface area contributed by atoms with Crippen molar-refractivity contribution in [2.24, 2.45) is 11.8 Å². The molecule has 2 saturated heterocycles. The van der Waals surface area contributed by atoms with E-state index in [0.717, 1.165) is 36.0 Å². The first-order chi connectivity index (χ1) is 10.3. The second-order valence-corrected chi connectivity index (χ2v) is 6.31. The van der Waals surface area contributed by atoms with Gasteiger partial charge in [0.15, 0.2) is 0 Å². The highest BCUT2D eigenvalue weighted by Gasteiger charge is 2.43. The molecule has 4 rings (SSSR count). The molecular formula is C18H20N2O. The summed E-state index contributed by atoms with van der Waals surface area (Å²) in [5.74, 6) is 1.43. The Labute approximate surface area is 124 Å². The second-order valence-electron chi connectivity index (χ2n) is 6.31. The molecule has 0 bridgehead atoms. The Kier molecular flexibility index (Phi) is 2.96. The fraction of sp³-hybridized carbons (Fsp3) is 0.389. The highest BCUT2D eigenvalue weighted by molar-refractivity contribution is 6.07. The van der Waals surface area contributed by atoms with Crippen molar-refractivity contribution < 1.29 is 4.79 Å². The van der Waals surface area contributed by atoms with Gasteiger partial charge in [0.25, 0.3) is 5.91 Å². The number of amides is 1. The van der Waals surface area contributed by atoms with E-state index >= 15 is 0 Å². The standard InChI is InChI=1S/C18H20N2O/c1-12-17-10-19-9-14(17)11-20(12)18(21)16-8-4-6-13-5-2-3-7-15(13)16/h2-8,12,14,17,19H,9-11H2,1H3. The van der Waals surface area contributed by atoms with Crippen LogP contribution in [0, 0.1) is 11.8 Å². The van der Waals surface area contributed by atoms with Crippen molar-refractivity contribution in [1.82, 2.24) is 10.2 Å². The van der Waals surface area contributed by atoms with Crippen LogP contribution in [-0.2, 0) is 0 Å². The van der Waals surface area contributed by atoms with Crippen molar-refractivity contribution in [3.8, 4) is 0 Å². The molecule has 2 heterocycles. The Morgan fingerprint density at radius 2 is 1.95 bits per heavy atom. The van der Waals surface area contributed by atoms with E-state index in [2.05, 4.69) is 29.3 Å². The third-order valence-electron chi connectivity index (χ3n) is 5.22. The molecule has 2 aliphatic heterocycles. The van der Waals surface area contributed by atoms with Crippen molar-refractivity contribution >= 4 is 16.7 Å². The van der Waals surface area contributed by atoms with E-state index in [1.54, 1.807) is 0 Å². The van der Waals surface area contributed by atoms with Crippen LogP contribution < -0.4 is 5.32 Å². The van der Waals surface area contributed by atoms with E-state index in [-0.39, 0.29) is 5.91 Å². The van der Waals surface area contributed by atoms with Gasteiger partial charge in [-0.3, -0.25) is 4.79 Å². The smallest absolute Gasteiger partial charge is 0.254 e. The van der Waals surface area contributed by atoms with Crippen molar-refractivity contribution in [2.45, 2.75) is 13.0 Å². The quantitative estimate of drug-likeness (QED) is 0.870. The average molecular weight is 280 g/mol. The Morgan fingerprint density at radius 1 is 1.14 bits per heavy atom. The summed E-state index contributed by atoms with van der Waals surface area (Å²) in [4.78, 5) is 15.1. The second kappa shape index (κ2) is 4.85. The maximum Gasteiger partial charge on any atom is 0.254 e. The summed E-state index contributed by atoms with van der Waals surface area (Å²) in [6, 6.07) is 14.5. The summed E-state index contributed by atoms with van der Waals surface area (Å²) in [6.07, 6.45) is 0. The van der Waals surface area contributed by atoms with Gasteiger partial charge in [-0.25, -0.2) is 0 Å². The van der Waals surface area contributed by atoms with Crippen LogP contribution in [0.4, 0.5) is 0 Å². The number of hydrogen-bond acceptors (Lipinski definition) is 2. The van der Waals surface area contributed by atoms with Crippen LogP contribution in [0.25, 0.3) is 10.8 Å². The zero-order valence-electron chi connectivity index (χ0n) is 12.3. The molecule has 0 radical (unpaired) electrons. The predicted octanol–water partition coefficient (Wildman–Crippen LogP) is 2.52. The molecule has 21 heavy (non-hydrogen) atoms. The maximum absolute atomic E-state index is 13.0. The lowest BCUT2D eigenvalue weighted by molar-refractivity contribution is 0.0730. The number of benzene rings is 2. The molecule has 108 valence electrons. The Bertz CT molecular complexity index is 691. The van der Waals surface area contributed by atoms with Crippen LogP contribution in [0.1, 0.15) is 17.3 Å². The molecule has 3 atom stereocenters. The van der Waals surface area contributed by atoms with Crippen LogP contribution in [0.15, 0.2) is 42.5 Å². The molecule has 3 unspecified atom stereocenters. The normalized spacial score (nSPS) is 28.0. The summed E-state index contributed by atoms with van der Waals surface area (Å²) < 4.78 is 0. The van der Waals surface area contributed by atoms with Gasteiger partial charge >= 0.3 is 0 Å². The molecule has 2 aromatic carbocycles. The van der Waals surface area contributed by atoms with Gasteiger partial charge in [-0.1, -0.05) is 36.4 Å². The zero-order valence-corrected chi connectivity index (χ0v) is 12.3. The molecule has 3 heteroatoms. The number of likely N-dealkylation sites (tertiary alicyclic amines) is 1. The third-order valence-corrected chi connectivity index (χ3v) is 5.22. The van der Waals surface area contributed by atoms with Crippen molar-refractivity contribution in [1.29, 1.82) is 0 Å². The molecule has 1 N–H and O–H groups in total. The van der Waals surface area contributed by atoms with E-state index in [0.29, 0.717) is 17.9 Å². The first-order valence-corrected chi connectivity index (χ1v) is 7.75. The summed E-state index contributed by atoms with van der Waals surface area (Å²) in [7, 11) is 0. The minimum absolute atomic E-state index is 0.189. The number of hydrogen-bond donors (Lipinski definition) is 1. The lowest BCUT2D eigenvalue weighted by atomic mass is 9.95. The first-order valence-electron chi connectivity index (χ1n) is 7.75. The van der Waals surface area contributed by atoms with E-state index in [9.17, 15) is 4.79 Å². The van der Waals surface area contributed by atoms with Gasteiger partial charge in [0.05, 0.1) is 0 Å². The van der Waals surface area contributed by atoms with Gasteiger partial charge in [0, 0.05) is 31.2 Å². The van der Waals surface area contributed by atoms with Gasteiger partial charge in [-0.2, -0.15) is 0 Å². The van der Waals surface area contributed by atoms with Crippen LogP contribution in [0.3, 0.4) is 0 Å². The van der Waals surface area contributed by atoms with Crippen LogP contribution >= 0.6 is 0 Å². The van der Waals surface area contributed by atoms with E-state index in [1.165, 1.54) is 0 Å². The van der Waals surface area contributed by atoms with Crippen molar-refractivity contribution in [3.63, 3.8) is 0 Å². The number of rotatable bonds is 1. The molecule has 2 aromatic rings. The fourth-order valence-electron chi connectivity index (χ4n) is 4.00. The number of nitrogens with one attached hydrogen (secondary N) is 1. The average Bonchev–Trinajstić information content (AvgIpc) is 3.09. The topological polar surface area (TPSA) is 32.3 Å². The number of nitrogens with zero attached hydrogens (tertiary/aromatic N) is 1. The molecule has 0 saturated carbocycles. The van der Waals surface area contributed by atoms with Gasteiger partial charge in [-0.15, -0.1) is 0 Å². The van der Waals surface area contributed by atoms with E-state index in [1.807, 2.05) is 30.3 Å². The summed E-state index contributed by atoms with van der Waals surface area (Å²) in [6.45, 7) is 5.18. The Morgan fingerprint density at radius 3 is 2.81 bits per heavy atom. The molecular weight excluding hydrogens is 260 g/mol. The molecule has 0 aromatic heterocycles. The molecule has 3 nitrogen and oxygen atoms in total. The molecule has 1 amide bonds. The molecule has 2 fully saturated rings. The summed E-state index contributed by atoms with van der Waals surface area (Å²) >= 11 is 0. The number of carbonyl (C=O) groups excluding carboxylic acids is 1. The van der Waals surface area contributed by atoms with Gasteiger partial charge in [0.1, 0.15) is 0 Å². The Balaban J connectivity index is 1.71. The maximum atomic E-state index is 13.0. The zero-order chi connectivity index (χ0) is 14.4. The summed E-state index contributed by atoms with van der Waals surface area (Å²) in [5, 5.41) is 5.64. The minimum atomic E-state index is 0.189. The van der Waals surface area contributed by atoms with Crippen molar-refractivity contribution in [3.05, 3.63) is 48.0 Å². The highest BCUT2D eigenvalue weighted by atomic mass is 16.2. The van der Waals surface area contributed by atoms with Crippen LogP contribution in [-0.4, -0.2) is 36.5 Å². The largest absolute Gasteiger partial charge is 0.335 e. The predicted molar refractivity (Wildman–Crippen MR) is 84.3 cm³/mol. The minimum Gasteiger partial charge on any atom is -0.335 e. The van der Waals surface area contributed by atoms with E-state index < -0.39 is 0 Å². The third kappa shape index (κ3) is 1.95. The van der Waals surface area contributed by atoms with Gasteiger partial charge in [-0.05, 0) is 35.6 Å². The lowest BCUT2D eigenvalue weighted by Crippen LogP contribution is -2.38. The summed E-state index contributed by atoms with van der Waals surface area (Å²) in [5.41, 5.74) is 0.841. The SMILES string of the molecule is CC1C2CNCC2CN1C(=O)c1cccc2ccccc12. The fourth-order valence-corrected chi connectivity index (χ4v) is 4.00. The first kappa shape index (κ1) is 12.8. The lowest BCUT2D eigenvalue weighted by Gasteiger charge is -2.25. The number of fused-ring (bicyclic) bond motifs is 2. The van der Waals surface area contributed by atoms with E-state index in [4.69, 9.17) is 0 Å². The number of carbonyl (C=O) groups is 1. The monoisotopic (exact) mass is 280 g/mol. The van der Waals surface area contributed by atoms with Crippen molar-refractivity contribution in [2.75, 3.05) is 19.6 Å². The van der Waals surface area contributed by atoms with Crippen LogP contribution in [0.2, 0.25) is 0 Å². The molecule has 0 spiro atoms. The van der Waals surface area contributed by atoms with Crippen LogP contribution in [0.5, 0.6) is 0 Å². The highest BCUT2D eigenvalue weighted by Crippen LogP contribution is 2.34.